The molecule has 0 unspecified atom stereocenters. The van der Waals surface area contributed by atoms with Crippen molar-refractivity contribution in [2.75, 3.05) is 0 Å². The number of hydrogen-bond acceptors (Lipinski definition) is 3. The molecule has 1 heterocycles. The van der Waals surface area contributed by atoms with E-state index in [1.165, 1.54) is 6.07 Å². The molecule has 0 aliphatic carbocycles. The predicted molar refractivity (Wildman–Crippen MR) is 42.1 cm³/mol. The Morgan fingerprint density at radius 3 is 2.64 bits per heavy atom. The van der Waals surface area contributed by atoms with Crippen LogP contribution < -0.4 is 5.56 Å². The van der Waals surface area contributed by atoms with E-state index < -0.39 is 28.8 Å². The van der Waals surface area contributed by atoms with Gasteiger partial charge in [0.15, 0.2) is 6.29 Å². The van der Waals surface area contributed by atoms with Crippen LogP contribution >= 0.6 is 0 Å². The van der Waals surface area contributed by atoms with Gasteiger partial charge in [0.25, 0.3) is 6.43 Å². The van der Waals surface area contributed by atoms with Gasteiger partial charge in [0.2, 0.25) is 5.56 Å². The molecule has 14 heavy (non-hydrogen) atoms. The molecule has 0 amide bonds. The Morgan fingerprint density at radius 1 is 1.57 bits per heavy atom. The van der Waals surface area contributed by atoms with Crippen LogP contribution in [0.25, 0.3) is 0 Å². The lowest BCUT2D eigenvalue weighted by atomic mass is 10.1. The summed E-state index contributed by atoms with van der Waals surface area (Å²) in [4.78, 5) is 23.1. The van der Waals surface area contributed by atoms with Crippen molar-refractivity contribution in [2.45, 2.75) is 6.43 Å². The highest BCUT2D eigenvalue weighted by molar-refractivity contribution is 5.76. The standard InChI is InChI=1S/C8H4F2N2O2/c9-8(10)4-1-7(14)12-6(3-13)5(4)2-11/h1,3,8H,(H,12,14). The largest absolute Gasteiger partial charge is 0.319 e. The van der Waals surface area contributed by atoms with Gasteiger partial charge in [-0.1, -0.05) is 0 Å². The second-order valence-electron chi connectivity index (χ2n) is 2.41. The summed E-state index contributed by atoms with van der Waals surface area (Å²) in [6.45, 7) is 0. The Hall–Kier alpha value is -2.03. The Balaban J connectivity index is 3.57. The molecule has 0 aromatic carbocycles. The van der Waals surface area contributed by atoms with Crippen molar-refractivity contribution >= 4 is 6.29 Å². The number of aldehydes is 1. The number of alkyl halides is 2. The first-order valence-electron chi connectivity index (χ1n) is 3.50. The molecule has 0 atom stereocenters. The minimum atomic E-state index is -2.95. The van der Waals surface area contributed by atoms with Crippen LogP contribution in [0.15, 0.2) is 10.9 Å². The number of aromatic amines is 1. The lowest BCUT2D eigenvalue weighted by Crippen LogP contribution is -2.12. The van der Waals surface area contributed by atoms with Gasteiger partial charge in [0.1, 0.15) is 6.07 Å². The third-order valence-corrected chi connectivity index (χ3v) is 1.57. The van der Waals surface area contributed by atoms with Crippen LogP contribution in [0.5, 0.6) is 0 Å². The first kappa shape index (κ1) is 10.1. The Bertz CT molecular complexity index is 459. The molecule has 0 saturated heterocycles. The fourth-order valence-corrected chi connectivity index (χ4v) is 0.985. The van der Waals surface area contributed by atoms with Gasteiger partial charge < -0.3 is 4.98 Å². The van der Waals surface area contributed by atoms with Crippen molar-refractivity contribution in [3.63, 3.8) is 0 Å². The van der Waals surface area contributed by atoms with Gasteiger partial charge in [0.05, 0.1) is 11.3 Å². The van der Waals surface area contributed by atoms with E-state index in [9.17, 15) is 18.4 Å². The molecule has 0 radical (unpaired) electrons. The van der Waals surface area contributed by atoms with Gasteiger partial charge >= 0.3 is 0 Å². The van der Waals surface area contributed by atoms with E-state index in [1.54, 1.807) is 0 Å². The zero-order valence-corrected chi connectivity index (χ0v) is 6.75. The van der Waals surface area contributed by atoms with Crippen molar-refractivity contribution < 1.29 is 13.6 Å². The highest BCUT2D eigenvalue weighted by Crippen LogP contribution is 2.21. The molecule has 4 nitrogen and oxygen atoms in total. The predicted octanol–water partition coefficient (Wildman–Crippen LogP) is 0.997. The van der Waals surface area contributed by atoms with Crippen LogP contribution in [-0.2, 0) is 0 Å². The number of halogens is 2. The number of nitriles is 1. The minimum Gasteiger partial charge on any atom is -0.319 e. The molecule has 0 aliphatic heterocycles. The number of carbonyl (C=O) groups is 1. The molecule has 6 heteroatoms. The normalized spacial score (nSPS) is 9.86. The first-order valence-corrected chi connectivity index (χ1v) is 3.50. The second kappa shape index (κ2) is 3.79. The molecule has 0 aliphatic rings. The van der Waals surface area contributed by atoms with Gasteiger partial charge in [-0.15, -0.1) is 0 Å². The molecule has 0 spiro atoms. The molecular formula is C8H4F2N2O2. The van der Waals surface area contributed by atoms with E-state index in [1.807, 2.05) is 4.98 Å². The zero-order valence-electron chi connectivity index (χ0n) is 6.75. The van der Waals surface area contributed by atoms with E-state index in [0.717, 1.165) is 0 Å². The zero-order chi connectivity index (χ0) is 10.7. The number of nitrogens with zero attached hydrogens (tertiary/aromatic N) is 1. The van der Waals surface area contributed by atoms with Crippen LogP contribution in [0.3, 0.4) is 0 Å². The first-order chi connectivity index (χ1) is 6.60. The summed E-state index contributed by atoms with van der Waals surface area (Å²) in [5.74, 6) is 0. The summed E-state index contributed by atoms with van der Waals surface area (Å²) < 4.78 is 24.6. The van der Waals surface area contributed by atoms with Gasteiger partial charge in [-0.05, 0) is 0 Å². The van der Waals surface area contributed by atoms with Crippen LogP contribution in [0, 0.1) is 11.3 Å². The lowest BCUT2D eigenvalue weighted by molar-refractivity contribution is 0.111. The van der Waals surface area contributed by atoms with Crippen molar-refractivity contribution in [3.05, 3.63) is 33.2 Å². The molecule has 0 saturated carbocycles. The fraction of sp³-hybridized carbons (Fsp3) is 0.125. The van der Waals surface area contributed by atoms with Gasteiger partial charge in [-0.2, -0.15) is 5.26 Å². The maximum absolute atomic E-state index is 12.3. The van der Waals surface area contributed by atoms with Crippen molar-refractivity contribution in [3.8, 4) is 6.07 Å². The topological polar surface area (TPSA) is 73.7 Å². The summed E-state index contributed by atoms with van der Waals surface area (Å²) in [7, 11) is 0. The van der Waals surface area contributed by atoms with Gasteiger partial charge in [0, 0.05) is 11.6 Å². The molecule has 0 bridgehead atoms. The number of hydrogen-bond donors (Lipinski definition) is 1. The smallest absolute Gasteiger partial charge is 0.265 e. The van der Waals surface area contributed by atoms with E-state index >= 15 is 0 Å². The van der Waals surface area contributed by atoms with Crippen molar-refractivity contribution in [2.24, 2.45) is 0 Å². The molecule has 1 rings (SSSR count). The van der Waals surface area contributed by atoms with E-state index in [0.29, 0.717) is 6.07 Å². The second-order valence-corrected chi connectivity index (χ2v) is 2.41. The molecule has 72 valence electrons. The Morgan fingerprint density at radius 2 is 2.21 bits per heavy atom. The monoisotopic (exact) mass is 198 g/mol. The molecule has 1 aromatic heterocycles. The number of H-pyrrole nitrogens is 1. The van der Waals surface area contributed by atoms with Crippen molar-refractivity contribution in [1.82, 2.24) is 4.98 Å². The van der Waals surface area contributed by atoms with Gasteiger partial charge in [-0.3, -0.25) is 9.59 Å². The molecule has 1 aromatic rings. The molecule has 1 N–H and O–H groups in total. The number of carbonyl (C=O) groups excluding carboxylic acids is 1. The van der Waals surface area contributed by atoms with Crippen LogP contribution in [0.1, 0.15) is 28.0 Å². The Labute approximate surface area is 76.8 Å². The van der Waals surface area contributed by atoms with Crippen LogP contribution in [0.4, 0.5) is 8.78 Å². The summed E-state index contributed by atoms with van der Waals surface area (Å²) in [6.07, 6.45) is -2.79. The number of aromatic nitrogens is 1. The highest BCUT2D eigenvalue weighted by atomic mass is 19.3. The average molecular weight is 198 g/mol. The number of rotatable bonds is 2. The summed E-state index contributed by atoms with van der Waals surface area (Å²) in [5.41, 5.74) is -2.47. The van der Waals surface area contributed by atoms with Crippen molar-refractivity contribution in [1.29, 1.82) is 5.26 Å². The van der Waals surface area contributed by atoms with E-state index in [2.05, 4.69) is 0 Å². The maximum atomic E-state index is 12.3. The lowest BCUT2D eigenvalue weighted by Gasteiger charge is -2.02. The molecule has 0 fully saturated rings. The number of pyridine rings is 1. The quantitative estimate of drug-likeness (QED) is 0.720. The maximum Gasteiger partial charge on any atom is 0.265 e. The third-order valence-electron chi connectivity index (χ3n) is 1.57. The SMILES string of the molecule is N#Cc1c(C(F)F)cc(=O)[nH]c1C=O. The number of nitrogens with one attached hydrogen (secondary N) is 1. The summed E-state index contributed by atoms with van der Waals surface area (Å²) in [5, 5.41) is 8.51. The van der Waals surface area contributed by atoms with E-state index in [-0.39, 0.29) is 6.29 Å². The fourth-order valence-electron chi connectivity index (χ4n) is 0.985. The van der Waals surface area contributed by atoms with E-state index in [4.69, 9.17) is 5.26 Å². The minimum absolute atomic E-state index is 0.159. The Kier molecular flexibility index (Phi) is 2.72. The summed E-state index contributed by atoms with van der Waals surface area (Å²) in [6, 6.07) is 2.05. The highest BCUT2D eigenvalue weighted by Gasteiger charge is 2.17. The third kappa shape index (κ3) is 1.66. The molecular weight excluding hydrogens is 194 g/mol. The average Bonchev–Trinajstić information content (AvgIpc) is 2.16. The van der Waals surface area contributed by atoms with Crippen LogP contribution in [0.2, 0.25) is 0 Å². The van der Waals surface area contributed by atoms with Crippen LogP contribution in [-0.4, -0.2) is 11.3 Å². The van der Waals surface area contributed by atoms with Gasteiger partial charge in [-0.25, -0.2) is 8.78 Å². The summed E-state index contributed by atoms with van der Waals surface area (Å²) >= 11 is 0.